The van der Waals surface area contributed by atoms with Crippen LogP contribution in [0, 0.1) is 5.92 Å². The number of likely N-dealkylation sites (tertiary alicyclic amines) is 1. The lowest BCUT2D eigenvalue weighted by Crippen LogP contribution is -2.44. The molecule has 5 heteroatoms. The summed E-state index contributed by atoms with van der Waals surface area (Å²) in [5, 5.41) is 18.1. The molecule has 1 aliphatic rings. The second-order valence-corrected chi connectivity index (χ2v) is 4.33. The van der Waals surface area contributed by atoms with E-state index in [1.807, 2.05) is 0 Å². The van der Waals surface area contributed by atoms with Crippen molar-refractivity contribution in [3.8, 4) is 0 Å². The van der Waals surface area contributed by atoms with Crippen LogP contribution in [0.3, 0.4) is 0 Å². The summed E-state index contributed by atoms with van der Waals surface area (Å²) in [4.78, 5) is 12.5. The van der Waals surface area contributed by atoms with Gasteiger partial charge in [0.05, 0.1) is 25.7 Å². The van der Waals surface area contributed by atoms with Crippen LogP contribution in [0.5, 0.6) is 0 Å². The summed E-state index contributed by atoms with van der Waals surface area (Å²) in [6, 6.07) is 0. The Morgan fingerprint density at radius 3 is 2.88 bits per heavy atom. The molecular formula is C11H21NO4. The van der Waals surface area contributed by atoms with Crippen molar-refractivity contribution in [2.75, 3.05) is 32.8 Å². The first-order chi connectivity index (χ1) is 7.61. The normalized spacial score (nSPS) is 26.9. The van der Waals surface area contributed by atoms with Gasteiger partial charge in [-0.25, -0.2) is 0 Å². The summed E-state index contributed by atoms with van der Waals surface area (Å²) in [7, 11) is 0. The number of ether oxygens (including phenoxy) is 1. The molecular weight excluding hydrogens is 210 g/mol. The molecule has 0 amide bonds. The van der Waals surface area contributed by atoms with Crippen LogP contribution in [-0.4, -0.2) is 60.0 Å². The Morgan fingerprint density at radius 2 is 2.25 bits per heavy atom. The Hall–Kier alpha value is -0.650. The van der Waals surface area contributed by atoms with Gasteiger partial charge in [0.2, 0.25) is 0 Å². The number of aliphatic hydroxyl groups is 1. The van der Waals surface area contributed by atoms with Gasteiger partial charge >= 0.3 is 5.97 Å². The standard InChI is InChI=1S/C11H21NO4/c1-2-12-6-9(5-10(13)7-12)8-16-4-3-11(14)15/h9-10,13H,2-8H2,1H3,(H,14,15). The third-order valence-electron chi connectivity index (χ3n) is 2.85. The quantitative estimate of drug-likeness (QED) is 0.638. The number of aliphatic carboxylic acids is 1. The van der Waals surface area contributed by atoms with E-state index in [0.717, 1.165) is 26.1 Å². The molecule has 0 aromatic heterocycles. The van der Waals surface area contributed by atoms with Gasteiger partial charge in [0.1, 0.15) is 0 Å². The highest BCUT2D eigenvalue weighted by molar-refractivity contribution is 5.66. The minimum Gasteiger partial charge on any atom is -0.481 e. The lowest BCUT2D eigenvalue weighted by molar-refractivity contribution is -0.138. The number of nitrogens with zero attached hydrogens (tertiary/aromatic N) is 1. The predicted octanol–water partition coefficient (Wildman–Crippen LogP) is 0.180. The molecule has 0 aromatic carbocycles. The summed E-state index contributed by atoms with van der Waals surface area (Å²) < 4.78 is 5.31. The monoisotopic (exact) mass is 231 g/mol. The number of likely N-dealkylation sites (N-methyl/N-ethyl adjacent to an activating group) is 1. The number of carboxylic acid groups (broad SMARTS) is 1. The molecule has 0 saturated carbocycles. The molecule has 0 spiro atoms. The van der Waals surface area contributed by atoms with Crippen LogP contribution in [0.1, 0.15) is 19.8 Å². The predicted molar refractivity (Wildman–Crippen MR) is 59.3 cm³/mol. The van der Waals surface area contributed by atoms with Gasteiger partial charge in [0, 0.05) is 13.1 Å². The lowest BCUT2D eigenvalue weighted by Gasteiger charge is -2.34. The van der Waals surface area contributed by atoms with Crippen LogP contribution in [0.25, 0.3) is 0 Å². The van der Waals surface area contributed by atoms with Gasteiger partial charge in [0.15, 0.2) is 0 Å². The molecule has 2 atom stereocenters. The van der Waals surface area contributed by atoms with Gasteiger partial charge < -0.3 is 19.8 Å². The van der Waals surface area contributed by atoms with Gasteiger partial charge in [-0.3, -0.25) is 4.79 Å². The average Bonchev–Trinajstić information content (AvgIpc) is 2.23. The Kier molecular flexibility index (Phi) is 5.73. The zero-order chi connectivity index (χ0) is 12.0. The van der Waals surface area contributed by atoms with Crippen molar-refractivity contribution < 1.29 is 19.7 Å². The van der Waals surface area contributed by atoms with E-state index >= 15 is 0 Å². The third kappa shape index (κ3) is 4.92. The van der Waals surface area contributed by atoms with E-state index in [0.29, 0.717) is 12.5 Å². The van der Waals surface area contributed by atoms with Crippen LogP contribution in [0.4, 0.5) is 0 Å². The molecule has 16 heavy (non-hydrogen) atoms. The van der Waals surface area contributed by atoms with Crippen molar-refractivity contribution in [2.45, 2.75) is 25.9 Å². The minimum atomic E-state index is -0.834. The Labute approximate surface area is 96.0 Å². The van der Waals surface area contributed by atoms with Crippen LogP contribution in [0.2, 0.25) is 0 Å². The maximum absolute atomic E-state index is 10.3. The van der Waals surface area contributed by atoms with Gasteiger partial charge in [0.25, 0.3) is 0 Å². The van der Waals surface area contributed by atoms with Gasteiger partial charge in [-0.05, 0) is 18.9 Å². The number of aliphatic hydroxyl groups excluding tert-OH is 1. The zero-order valence-electron chi connectivity index (χ0n) is 9.76. The Morgan fingerprint density at radius 1 is 1.50 bits per heavy atom. The van der Waals surface area contributed by atoms with Crippen molar-refractivity contribution in [1.82, 2.24) is 4.90 Å². The van der Waals surface area contributed by atoms with Gasteiger partial charge in [-0.1, -0.05) is 6.92 Å². The molecule has 0 aliphatic carbocycles. The molecule has 0 bridgehead atoms. The second-order valence-electron chi connectivity index (χ2n) is 4.33. The maximum atomic E-state index is 10.3. The maximum Gasteiger partial charge on any atom is 0.305 e. The molecule has 1 fully saturated rings. The highest BCUT2D eigenvalue weighted by Gasteiger charge is 2.24. The van der Waals surface area contributed by atoms with Crippen LogP contribution < -0.4 is 0 Å². The molecule has 2 N–H and O–H groups in total. The van der Waals surface area contributed by atoms with Crippen molar-refractivity contribution in [1.29, 1.82) is 0 Å². The fraction of sp³-hybridized carbons (Fsp3) is 0.909. The van der Waals surface area contributed by atoms with E-state index in [1.54, 1.807) is 0 Å². The molecule has 0 aromatic rings. The van der Waals surface area contributed by atoms with Crippen LogP contribution in [-0.2, 0) is 9.53 Å². The van der Waals surface area contributed by atoms with E-state index in [1.165, 1.54) is 0 Å². The van der Waals surface area contributed by atoms with E-state index in [-0.39, 0.29) is 19.1 Å². The fourth-order valence-electron chi connectivity index (χ4n) is 2.06. The van der Waals surface area contributed by atoms with Gasteiger partial charge in [-0.15, -0.1) is 0 Å². The average molecular weight is 231 g/mol. The summed E-state index contributed by atoms with van der Waals surface area (Å²) in [5.41, 5.74) is 0. The van der Waals surface area contributed by atoms with E-state index < -0.39 is 5.97 Å². The molecule has 94 valence electrons. The first-order valence-electron chi connectivity index (χ1n) is 5.81. The second kappa shape index (κ2) is 6.83. The van der Waals surface area contributed by atoms with Crippen LogP contribution >= 0.6 is 0 Å². The number of β-amino-alcohol motifs (C(OH)–C–C–N with tert-alkyl or cyclic N) is 1. The molecule has 5 nitrogen and oxygen atoms in total. The smallest absolute Gasteiger partial charge is 0.305 e. The van der Waals surface area contributed by atoms with Crippen molar-refractivity contribution in [2.24, 2.45) is 5.92 Å². The molecule has 0 radical (unpaired) electrons. The molecule has 2 unspecified atom stereocenters. The summed E-state index contributed by atoms with van der Waals surface area (Å²) in [6.07, 6.45) is 0.526. The van der Waals surface area contributed by atoms with E-state index in [9.17, 15) is 9.90 Å². The molecule has 1 saturated heterocycles. The van der Waals surface area contributed by atoms with Crippen molar-refractivity contribution in [3.05, 3.63) is 0 Å². The highest BCUT2D eigenvalue weighted by atomic mass is 16.5. The Bertz CT molecular complexity index is 222. The van der Waals surface area contributed by atoms with E-state index in [2.05, 4.69) is 11.8 Å². The largest absolute Gasteiger partial charge is 0.481 e. The molecule has 1 heterocycles. The topological polar surface area (TPSA) is 70.0 Å². The number of carbonyl (C=O) groups is 1. The number of hydrogen-bond donors (Lipinski definition) is 2. The first-order valence-corrected chi connectivity index (χ1v) is 5.81. The highest BCUT2D eigenvalue weighted by Crippen LogP contribution is 2.17. The number of piperidine rings is 1. The fourth-order valence-corrected chi connectivity index (χ4v) is 2.06. The summed E-state index contributed by atoms with van der Waals surface area (Å²) >= 11 is 0. The van der Waals surface area contributed by atoms with Crippen molar-refractivity contribution in [3.63, 3.8) is 0 Å². The third-order valence-corrected chi connectivity index (χ3v) is 2.85. The number of carboxylic acids is 1. The summed E-state index contributed by atoms with van der Waals surface area (Å²) in [5.74, 6) is -0.517. The van der Waals surface area contributed by atoms with Gasteiger partial charge in [-0.2, -0.15) is 0 Å². The first kappa shape index (κ1) is 13.4. The number of rotatable bonds is 6. The molecule has 1 aliphatic heterocycles. The van der Waals surface area contributed by atoms with Crippen LogP contribution in [0.15, 0.2) is 0 Å². The number of hydrogen-bond acceptors (Lipinski definition) is 4. The Balaban J connectivity index is 2.18. The SMILES string of the molecule is CCN1CC(O)CC(COCCC(=O)O)C1. The zero-order valence-corrected chi connectivity index (χ0v) is 9.76. The lowest BCUT2D eigenvalue weighted by atomic mass is 9.97. The molecule has 1 rings (SSSR count). The van der Waals surface area contributed by atoms with Crippen molar-refractivity contribution >= 4 is 5.97 Å². The van der Waals surface area contributed by atoms with E-state index in [4.69, 9.17) is 9.84 Å². The summed E-state index contributed by atoms with van der Waals surface area (Å²) in [6.45, 7) is 5.47. The minimum absolute atomic E-state index is 0.0484.